The van der Waals surface area contributed by atoms with Crippen LogP contribution in [-0.4, -0.2) is 31.3 Å². The van der Waals surface area contributed by atoms with Crippen molar-refractivity contribution in [2.24, 2.45) is 5.92 Å². The Bertz CT molecular complexity index is 438. The fourth-order valence-corrected chi connectivity index (χ4v) is 3.52. The van der Waals surface area contributed by atoms with E-state index in [0.717, 1.165) is 36.3 Å². The van der Waals surface area contributed by atoms with Crippen LogP contribution in [0.3, 0.4) is 0 Å². The summed E-state index contributed by atoms with van der Waals surface area (Å²) in [5.74, 6) is 1.79. The van der Waals surface area contributed by atoms with Crippen LogP contribution >= 0.6 is 40.1 Å². The van der Waals surface area contributed by atoms with E-state index in [-0.39, 0.29) is 18.3 Å². The molecule has 1 fully saturated rings. The van der Waals surface area contributed by atoms with E-state index in [4.69, 9.17) is 0 Å². The molecule has 6 heteroatoms. The average Bonchev–Trinajstić information content (AvgIpc) is 2.52. The average molecular weight is 408 g/mol. The van der Waals surface area contributed by atoms with Crippen LogP contribution in [0, 0.1) is 5.92 Å². The summed E-state index contributed by atoms with van der Waals surface area (Å²) in [5.41, 5.74) is 0. The van der Waals surface area contributed by atoms with Gasteiger partial charge in [-0.15, -0.1) is 24.2 Å². The summed E-state index contributed by atoms with van der Waals surface area (Å²) < 4.78 is 1.10. The smallest absolute Gasteiger partial charge is 0.220 e. The lowest BCUT2D eigenvalue weighted by atomic mass is 10.00. The van der Waals surface area contributed by atoms with Gasteiger partial charge in [0.1, 0.15) is 0 Å². The number of hydrogen-bond donors (Lipinski definition) is 2. The molecule has 1 saturated heterocycles. The molecule has 3 nitrogen and oxygen atoms in total. The van der Waals surface area contributed by atoms with E-state index in [9.17, 15) is 4.79 Å². The lowest BCUT2D eigenvalue weighted by Crippen LogP contribution is -2.38. The van der Waals surface area contributed by atoms with Gasteiger partial charge in [0.2, 0.25) is 5.91 Å². The molecule has 0 aliphatic carbocycles. The van der Waals surface area contributed by atoms with E-state index in [1.54, 1.807) is 11.8 Å². The van der Waals surface area contributed by atoms with E-state index in [0.29, 0.717) is 12.3 Å². The van der Waals surface area contributed by atoms with Crippen LogP contribution in [0.2, 0.25) is 0 Å². The van der Waals surface area contributed by atoms with Crippen LogP contribution in [0.15, 0.2) is 33.6 Å². The summed E-state index contributed by atoms with van der Waals surface area (Å²) in [5, 5.41) is 6.44. The Morgan fingerprint density at radius 3 is 2.82 bits per heavy atom. The Balaban J connectivity index is 0.00000242. The minimum atomic E-state index is 0. The highest BCUT2D eigenvalue weighted by Gasteiger charge is 2.13. The molecule has 124 valence electrons. The molecule has 0 aromatic heterocycles. The third-order valence-corrected chi connectivity index (χ3v) is 5.24. The largest absolute Gasteiger partial charge is 0.356 e. The number of halogens is 2. The molecule has 1 heterocycles. The summed E-state index contributed by atoms with van der Waals surface area (Å²) in [6.07, 6.45) is 4.01. The molecular formula is C16H24BrClN2OS. The molecule has 1 aromatic carbocycles. The zero-order chi connectivity index (χ0) is 14.9. The molecule has 0 spiro atoms. The molecular weight excluding hydrogens is 384 g/mol. The van der Waals surface area contributed by atoms with Gasteiger partial charge in [-0.3, -0.25) is 4.79 Å². The van der Waals surface area contributed by atoms with Crippen LogP contribution < -0.4 is 10.6 Å². The van der Waals surface area contributed by atoms with E-state index < -0.39 is 0 Å². The van der Waals surface area contributed by atoms with Crippen LogP contribution in [-0.2, 0) is 4.79 Å². The number of thioether (sulfide) groups is 1. The first-order valence-corrected chi connectivity index (χ1v) is 9.37. The van der Waals surface area contributed by atoms with Crippen LogP contribution in [0.4, 0.5) is 0 Å². The molecule has 0 radical (unpaired) electrons. The maximum Gasteiger partial charge on any atom is 0.220 e. The number of piperidine rings is 1. The number of rotatable bonds is 7. The second kappa shape index (κ2) is 11.3. The topological polar surface area (TPSA) is 41.1 Å². The first-order valence-electron chi connectivity index (χ1n) is 7.60. The van der Waals surface area contributed by atoms with Crippen LogP contribution in [0.1, 0.15) is 25.7 Å². The van der Waals surface area contributed by atoms with Gasteiger partial charge in [-0.2, -0.15) is 0 Å². The van der Waals surface area contributed by atoms with Crippen molar-refractivity contribution in [1.29, 1.82) is 0 Å². The first-order chi connectivity index (χ1) is 10.2. The zero-order valence-electron chi connectivity index (χ0n) is 12.6. The highest BCUT2D eigenvalue weighted by atomic mass is 79.9. The van der Waals surface area contributed by atoms with E-state index in [1.165, 1.54) is 17.7 Å². The second-order valence-electron chi connectivity index (χ2n) is 5.42. The van der Waals surface area contributed by atoms with Crippen molar-refractivity contribution in [2.45, 2.75) is 30.6 Å². The SMILES string of the molecule is Cl.O=C(CCCSc1ccc(Br)cc1)NCC1CCCNC1. The van der Waals surface area contributed by atoms with Gasteiger partial charge >= 0.3 is 0 Å². The molecule has 0 bridgehead atoms. The third kappa shape index (κ3) is 7.86. The van der Waals surface area contributed by atoms with Gasteiger partial charge in [0, 0.05) is 22.3 Å². The predicted molar refractivity (Wildman–Crippen MR) is 100.0 cm³/mol. The molecule has 1 atom stereocenters. The summed E-state index contributed by atoms with van der Waals surface area (Å²) in [6, 6.07) is 8.30. The Kier molecular flexibility index (Phi) is 10.2. The molecule has 0 saturated carbocycles. The number of carbonyl (C=O) groups excluding carboxylic acids is 1. The Morgan fingerprint density at radius 2 is 2.14 bits per heavy atom. The molecule has 1 aromatic rings. The minimum absolute atomic E-state index is 0. The lowest BCUT2D eigenvalue weighted by molar-refractivity contribution is -0.121. The zero-order valence-corrected chi connectivity index (χ0v) is 15.9. The summed E-state index contributed by atoms with van der Waals surface area (Å²) in [4.78, 5) is 13.1. The van der Waals surface area contributed by atoms with Crippen LogP contribution in [0.5, 0.6) is 0 Å². The maximum absolute atomic E-state index is 11.8. The number of benzene rings is 1. The molecule has 1 aliphatic heterocycles. The van der Waals surface area contributed by atoms with Crippen molar-refractivity contribution in [1.82, 2.24) is 10.6 Å². The van der Waals surface area contributed by atoms with Crippen molar-refractivity contribution < 1.29 is 4.79 Å². The fraction of sp³-hybridized carbons (Fsp3) is 0.562. The maximum atomic E-state index is 11.8. The Hall–Kier alpha value is -0.230. The van der Waals surface area contributed by atoms with Crippen LogP contribution in [0.25, 0.3) is 0 Å². The van der Waals surface area contributed by atoms with Crippen molar-refractivity contribution in [2.75, 3.05) is 25.4 Å². The summed E-state index contributed by atoms with van der Waals surface area (Å²) >= 11 is 5.24. The van der Waals surface area contributed by atoms with E-state index in [1.807, 2.05) is 12.1 Å². The van der Waals surface area contributed by atoms with Gasteiger partial charge in [-0.1, -0.05) is 15.9 Å². The quantitative estimate of drug-likeness (QED) is 0.533. The van der Waals surface area contributed by atoms with Crippen molar-refractivity contribution in [3.63, 3.8) is 0 Å². The standard InChI is InChI=1S/C16H23BrN2OS.ClH/c17-14-5-7-15(8-6-14)21-10-2-4-16(20)19-12-13-3-1-9-18-11-13;/h5-8,13,18H,1-4,9-12H2,(H,19,20);1H. The molecule has 1 amide bonds. The first kappa shape index (κ1) is 19.8. The van der Waals surface area contributed by atoms with Gasteiger partial charge in [0.05, 0.1) is 0 Å². The Morgan fingerprint density at radius 1 is 1.36 bits per heavy atom. The molecule has 1 aliphatic rings. The lowest BCUT2D eigenvalue weighted by Gasteiger charge is -2.22. The highest BCUT2D eigenvalue weighted by molar-refractivity contribution is 9.10. The molecule has 2 N–H and O–H groups in total. The van der Waals surface area contributed by atoms with Gasteiger partial charge in [-0.05, 0) is 68.3 Å². The summed E-state index contributed by atoms with van der Waals surface area (Å²) in [6.45, 7) is 2.99. The van der Waals surface area contributed by atoms with Crippen molar-refractivity contribution >= 4 is 46.0 Å². The van der Waals surface area contributed by atoms with Gasteiger partial charge < -0.3 is 10.6 Å². The number of carbonyl (C=O) groups is 1. The van der Waals surface area contributed by atoms with Gasteiger partial charge in [0.15, 0.2) is 0 Å². The van der Waals surface area contributed by atoms with Crippen molar-refractivity contribution in [3.8, 4) is 0 Å². The molecule has 22 heavy (non-hydrogen) atoms. The fourth-order valence-electron chi connectivity index (χ4n) is 2.40. The van der Waals surface area contributed by atoms with E-state index >= 15 is 0 Å². The molecule has 1 unspecified atom stereocenters. The number of hydrogen-bond acceptors (Lipinski definition) is 3. The number of nitrogens with one attached hydrogen (secondary N) is 2. The predicted octanol–water partition coefficient (Wildman–Crippen LogP) is 3.86. The van der Waals surface area contributed by atoms with Crippen molar-refractivity contribution in [3.05, 3.63) is 28.7 Å². The minimum Gasteiger partial charge on any atom is -0.356 e. The molecule has 2 rings (SSSR count). The third-order valence-electron chi connectivity index (χ3n) is 3.62. The Labute approximate surface area is 151 Å². The normalized spacial score (nSPS) is 17.6. The number of amides is 1. The summed E-state index contributed by atoms with van der Waals surface area (Å²) in [7, 11) is 0. The monoisotopic (exact) mass is 406 g/mol. The second-order valence-corrected chi connectivity index (χ2v) is 7.51. The van der Waals surface area contributed by atoms with E-state index in [2.05, 4.69) is 38.7 Å². The van der Waals surface area contributed by atoms with Gasteiger partial charge in [-0.25, -0.2) is 0 Å². The highest BCUT2D eigenvalue weighted by Crippen LogP contribution is 2.21. The van der Waals surface area contributed by atoms with Gasteiger partial charge in [0.25, 0.3) is 0 Å².